The maximum atomic E-state index is 13.4. The lowest BCUT2D eigenvalue weighted by molar-refractivity contribution is -0.126. The Balaban J connectivity index is 1.50. The number of amides is 2. The zero-order valence-electron chi connectivity index (χ0n) is 18.1. The van der Waals surface area contributed by atoms with Crippen LogP contribution in [0.25, 0.3) is 0 Å². The Kier molecular flexibility index (Phi) is 6.21. The molecule has 2 N–H and O–H groups in total. The molecule has 9 heteroatoms. The third-order valence-corrected chi connectivity index (χ3v) is 7.90. The normalized spacial score (nSPS) is 21.2. The van der Waals surface area contributed by atoms with E-state index in [1.54, 1.807) is 19.9 Å². The average Bonchev–Trinajstić information content (AvgIpc) is 2.79. The van der Waals surface area contributed by atoms with Gasteiger partial charge in [0.2, 0.25) is 15.9 Å². The topological polar surface area (TPSA) is 105 Å². The highest BCUT2D eigenvalue weighted by atomic mass is 32.2. The van der Waals surface area contributed by atoms with Gasteiger partial charge in [-0.05, 0) is 43.9 Å². The van der Waals surface area contributed by atoms with Crippen LogP contribution in [0.4, 0.5) is 5.69 Å². The van der Waals surface area contributed by atoms with E-state index in [4.69, 9.17) is 4.74 Å². The summed E-state index contributed by atoms with van der Waals surface area (Å²) in [5, 5.41) is 5.65. The standard InChI is InChI=1S/C23H27N3O5S/c1-15-11-19-20(31-16(2)22(27)25-19)12-21(15)32(29,30)26-10-6-9-18(14-26)23(28)24-13-17-7-4-3-5-8-17/h3-5,7-8,11-12,16,18H,6,9-10,13-14H2,1-2H3,(H,24,28)(H,25,27)/t16-,18+/m1/s1. The van der Waals surface area contributed by atoms with Crippen molar-refractivity contribution in [1.82, 2.24) is 9.62 Å². The van der Waals surface area contributed by atoms with E-state index >= 15 is 0 Å². The lowest BCUT2D eigenvalue weighted by Crippen LogP contribution is -2.45. The van der Waals surface area contributed by atoms with Crippen molar-refractivity contribution in [2.75, 3.05) is 18.4 Å². The number of benzene rings is 2. The highest BCUT2D eigenvalue weighted by Crippen LogP contribution is 2.36. The number of carbonyl (C=O) groups is 2. The van der Waals surface area contributed by atoms with Gasteiger partial charge in [0.1, 0.15) is 5.75 Å². The maximum Gasteiger partial charge on any atom is 0.265 e. The molecule has 8 nitrogen and oxygen atoms in total. The Hall–Kier alpha value is -2.91. The Morgan fingerprint density at radius 2 is 2.00 bits per heavy atom. The first-order valence-corrected chi connectivity index (χ1v) is 12.1. The summed E-state index contributed by atoms with van der Waals surface area (Å²) in [7, 11) is -3.83. The molecular weight excluding hydrogens is 430 g/mol. The number of nitrogens with zero attached hydrogens (tertiary/aromatic N) is 1. The molecule has 1 saturated heterocycles. The van der Waals surface area contributed by atoms with Crippen molar-refractivity contribution in [2.24, 2.45) is 5.92 Å². The van der Waals surface area contributed by atoms with Gasteiger partial charge in [0.05, 0.1) is 16.5 Å². The molecule has 4 rings (SSSR count). The fourth-order valence-corrected chi connectivity index (χ4v) is 5.81. The molecule has 0 aromatic heterocycles. The first-order valence-electron chi connectivity index (χ1n) is 10.7. The molecular formula is C23H27N3O5S. The molecule has 2 aliphatic rings. The van der Waals surface area contributed by atoms with Crippen molar-refractivity contribution in [1.29, 1.82) is 0 Å². The Labute approximate surface area is 188 Å². The van der Waals surface area contributed by atoms with Crippen LogP contribution in [0.1, 0.15) is 30.9 Å². The van der Waals surface area contributed by atoms with Crippen LogP contribution in [0.2, 0.25) is 0 Å². The van der Waals surface area contributed by atoms with E-state index in [0.717, 1.165) is 5.56 Å². The van der Waals surface area contributed by atoms with E-state index in [0.29, 0.717) is 42.9 Å². The van der Waals surface area contributed by atoms with Gasteiger partial charge in [0.15, 0.2) is 6.10 Å². The monoisotopic (exact) mass is 457 g/mol. The highest BCUT2D eigenvalue weighted by Gasteiger charge is 2.35. The van der Waals surface area contributed by atoms with Gasteiger partial charge in [-0.2, -0.15) is 4.31 Å². The smallest absolute Gasteiger partial charge is 0.265 e. The van der Waals surface area contributed by atoms with Crippen molar-refractivity contribution in [3.63, 3.8) is 0 Å². The summed E-state index contributed by atoms with van der Waals surface area (Å²) in [6.45, 7) is 4.19. The number of hydrogen-bond acceptors (Lipinski definition) is 5. The summed E-state index contributed by atoms with van der Waals surface area (Å²) in [6, 6.07) is 12.7. The third kappa shape index (κ3) is 4.49. The molecule has 2 aromatic rings. The molecule has 0 aliphatic carbocycles. The van der Waals surface area contributed by atoms with Crippen molar-refractivity contribution in [3.05, 3.63) is 53.6 Å². The van der Waals surface area contributed by atoms with Crippen LogP contribution in [0.3, 0.4) is 0 Å². The van der Waals surface area contributed by atoms with Gasteiger partial charge in [0, 0.05) is 25.7 Å². The van der Waals surface area contributed by atoms with Gasteiger partial charge in [-0.25, -0.2) is 8.42 Å². The minimum atomic E-state index is -3.83. The SMILES string of the molecule is Cc1cc2c(cc1S(=O)(=O)N1CCC[C@H](C(=O)NCc3ccccc3)C1)O[C@H](C)C(=O)N2. The minimum Gasteiger partial charge on any atom is -0.479 e. The first-order chi connectivity index (χ1) is 15.3. The van der Waals surface area contributed by atoms with Crippen molar-refractivity contribution >= 4 is 27.5 Å². The number of rotatable bonds is 5. The number of piperidine rings is 1. The number of nitrogens with one attached hydrogen (secondary N) is 2. The Morgan fingerprint density at radius 1 is 1.25 bits per heavy atom. The van der Waals surface area contributed by atoms with Crippen LogP contribution in [-0.2, 0) is 26.2 Å². The highest BCUT2D eigenvalue weighted by molar-refractivity contribution is 7.89. The molecule has 170 valence electrons. The summed E-state index contributed by atoms with van der Waals surface area (Å²) in [5.41, 5.74) is 1.96. The van der Waals surface area contributed by atoms with Gasteiger partial charge in [-0.1, -0.05) is 30.3 Å². The van der Waals surface area contributed by atoms with E-state index < -0.39 is 22.0 Å². The van der Waals surface area contributed by atoms with Crippen LogP contribution >= 0.6 is 0 Å². The Bertz CT molecular complexity index is 1130. The van der Waals surface area contributed by atoms with E-state index in [1.165, 1.54) is 10.4 Å². The number of carbonyl (C=O) groups excluding carboxylic acids is 2. The van der Waals surface area contributed by atoms with E-state index in [9.17, 15) is 18.0 Å². The molecule has 0 radical (unpaired) electrons. The van der Waals surface area contributed by atoms with E-state index in [-0.39, 0.29) is 23.3 Å². The summed E-state index contributed by atoms with van der Waals surface area (Å²) < 4.78 is 33.9. The predicted molar refractivity (Wildman–Crippen MR) is 120 cm³/mol. The maximum absolute atomic E-state index is 13.4. The number of hydrogen-bond donors (Lipinski definition) is 2. The molecule has 0 bridgehead atoms. The summed E-state index contributed by atoms with van der Waals surface area (Å²) >= 11 is 0. The molecule has 2 aromatic carbocycles. The summed E-state index contributed by atoms with van der Waals surface area (Å²) in [4.78, 5) is 24.7. The van der Waals surface area contributed by atoms with Crippen molar-refractivity contribution in [3.8, 4) is 5.75 Å². The lowest BCUT2D eigenvalue weighted by atomic mass is 9.99. The van der Waals surface area contributed by atoms with Crippen molar-refractivity contribution in [2.45, 2.75) is 44.2 Å². The fraction of sp³-hybridized carbons (Fsp3) is 0.391. The van der Waals surface area contributed by atoms with E-state index in [2.05, 4.69) is 10.6 Å². The van der Waals surface area contributed by atoms with Crippen LogP contribution in [0.15, 0.2) is 47.4 Å². The van der Waals surface area contributed by atoms with E-state index in [1.807, 2.05) is 30.3 Å². The quantitative estimate of drug-likeness (QED) is 0.718. The van der Waals surface area contributed by atoms with Gasteiger partial charge in [-0.15, -0.1) is 0 Å². The lowest BCUT2D eigenvalue weighted by Gasteiger charge is -2.32. The van der Waals surface area contributed by atoms with Crippen molar-refractivity contribution < 1.29 is 22.7 Å². The predicted octanol–water partition coefficient (Wildman–Crippen LogP) is 2.43. The van der Waals surface area contributed by atoms with Crippen LogP contribution in [0, 0.1) is 12.8 Å². The number of fused-ring (bicyclic) bond motifs is 1. The number of sulfonamides is 1. The van der Waals surface area contributed by atoms with Gasteiger partial charge in [0.25, 0.3) is 5.91 Å². The number of ether oxygens (including phenoxy) is 1. The van der Waals surface area contributed by atoms with Gasteiger partial charge < -0.3 is 15.4 Å². The average molecular weight is 458 g/mol. The van der Waals surface area contributed by atoms with Crippen LogP contribution < -0.4 is 15.4 Å². The minimum absolute atomic E-state index is 0.130. The Morgan fingerprint density at radius 3 is 2.75 bits per heavy atom. The first kappa shape index (κ1) is 22.3. The molecule has 2 heterocycles. The molecule has 0 spiro atoms. The van der Waals surface area contributed by atoms with Gasteiger partial charge >= 0.3 is 0 Å². The molecule has 1 fully saturated rings. The van der Waals surface area contributed by atoms with Crippen LogP contribution in [0.5, 0.6) is 5.75 Å². The second kappa shape index (κ2) is 8.91. The summed E-state index contributed by atoms with van der Waals surface area (Å²) in [6.07, 6.45) is 0.548. The second-order valence-electron chi connectivity index (χ2n) is 8.27. The zero-order chi connectivity index (χ0) is 22.9. The number of aryl methyl sites for hydroxylation is 1. The molecule has 0 unspecified atom stereocenters. The largest absolute Gasteiger partial charge is 0.479 e. The van der Waals surface area contributed by atoms with Gasteiger partial charge in [-0.3, -0.25) is 9.59 Å². The molecule has 2 atom stereocenters. The third-order valence-electron chi connectivity index (χ3n) is 5.89. The summed E-state index contributed by atoms with van der Waals surface area (Å²) in [5.74, 6) is -0.491. The molecule has 2 amide bonds. The molecule has 32 heavy (non-hydrogen) atoms. The zero-order valence-corrected chi connectivity index (χ0v) is 18.9. The molecule has 0 saturated carbocycles. The number of anilines is 1. The van der Waals surface area contributed by atoms with Crippen LogP contribution in [-0.4, -0.2) is 43.7 Å². The molecule has 2 aliphatic heterocycles. The fourth-order valence-electron chi connectivity index (χ4n) is 4.06. The second-order valence-corrected chi connectivity index (χ2v) is 10.2.